The molecule has 0 bridgehead atoms. The number of hydrogen-bond acceptors (Lipinski definition) is 1. The Morgan fingerprint density at radius 1 is 1.24 bits per heavy atom. The Balaban J connectivity index is 1.71. The molecule has 1 aromatic heterocycles. The smallest absolute Gasteiger partial charge is 0.0702 e. The third-order valence-electron chi connectivity index (χ3n) is 4.41. The predicted octanol–water partition coefficient (Wildman–Crippen LogP) is 4.06. The Morgan fingerprint density at radius 2 is 2.06 bits per heavy atom. The van der Waals surface area contributed by atoms with Gasteiger partial charge < -0.3 is 0 Å². The maximum atomic E-state index is 4.56. The van der Waals surface area contributed by atoms with Crippen LogP contribution in [0.1, 0.15) is 30.7 Å². The van der Waals surface area contributed by atoms with Crippen molar-refractivity contribution in [3.8, 4) is 0 Å². The van der Waals surface area contributed by atoms with Crippen molar-refractivity contribution in [1.82, 2.24) is 4.98 Å². The summed E-state index contributed by atoms with van der Waals surface area (Å²) in [6.45, 7) is 4.06. The molecule has 1 heteroatoms. The monoisotopic (exact) mass is 221 g/mol. The van der Waals surface area contributed by atoms with E-state index < -0.39 is 0 Å². The van der Waals surface area contributed by atoms with E-state index in [4.69, 9.17) is 0 Å². The first-order valence-electron chi connectivity index (χ1n) is 6.28. The second-order valence-electron chi connectivity index (χ2n) is 5.68. The molecule has 1 aromatic carbocycles. The van der Waals surface area contributed by atoms with Gasteiger partial charge in [0.2, 0.25) is 0 Å². The summed E-state index contributed by atoms with van der Waals surface area (Å²) in [4.78, 5) is 4.56. The third kappa shape index (κ3) is 1.28. The molecule has 0 saturated heterocycles. The van der Waals surface area contributed by atoms with Crippen LogP contribution in [-0.4, -0.2) is 4.98 Å². The van der Waals surface area contributed by atoms with Crippen molar-refractivity contribution in [2.45, 2.75) is 25.2 Å². The van der Waals surface area contributed by atoms with E-state index in [1.54, 1.807) is 0 Å². The van der Waals surface area contributed by atoms with Crippen molar-refractivity contribution in [3.05, 3.63) is 54.2 Å². The fourth-order valence-corrected chi connectivity index (χ4v) is 3.43. The molecule has 2 aromatic rings. The summed E-state index contributed by atoms with van der Waals surface area (Å²) in [6.07, 6.45) is 5.89. The van der Waals surface area contributed by atoms with E-state index in [0.29, 0.717) is 5.41 Å². The maximum Gasteiger partial charge on any atom is 0.0702 e. The summed E-state index contributed by atoms with van der Waals surface area (Å²) in [6, 6.07) is 10.7. The molecule has 4 rings (SSSR count). The van der Waals surface area contributed by atoms with E-state index in [2.05, 4.69) is 42.0 Å². The van der Waals surface area contributed by atoms with Gasteiger partial charge in [-0.15, -0.1) is 0 Å². The third-order valence-corrected chi connectivity index (χ3v) is 4.41. The van der Waals surface area contributed by atoms with Crippen molar-refractivity contribution in [3.63, 3.8) is 0 Å². The van der Waals surface area contributed by atoms with Gasteiger partial charge in [-0.1, -0.05) is 30.4 Å². The van der Waals surface area contributed by atoms with Crippen molar-refractivity contribution < 1.29 is 0 Å². The van der Waals surface area contributed by atoms with Gasteiger partial charge in [-0.05, 0) is 48.3 Å². The van der Waals surface area contributed by atoms with Crippen LogP contribution in [0.3, 0.4) is 0 Å². The topological polar surface area (TPSA) is 12.9 Å². The van der Waals surface area contributed by atoms with Crippen molar-refractivity contribution in [2.75, 3.05) is 0 Å². The molecule has 0 amide bonds. The molecule has 2 aliphatic rings. The van der Waals surface area contributed by atoms with E-state index in [0.717, 1.165) is 11.4 Å². The van der Waals surface area contributed by atoms with Crippen LogP contribution in [0, 0.1) is 5.41 Å². The van der Waals surface area contributed by atoms with Crippen molar-refractivity contribution >= 4 is 10.9 Å². The number of aromatic nitrogens is 1. The number of para-hydroxylation sites is 1. The van der Waals surface area contributed by atoms with Crippen LogP contribution in [-0.2, 0) is 0 Å². The molecule has 17 heavy (non-hydrogen) atoms. The van der Waals surface area contributed by atoms with Gasteiger partial charge in [0.05, 0.1) is 5.52 Å². The van der Waals surface area contributed by atoms with E-state index in [1.165, 1.54) is 35.8 Å². The predicted molar refractivity (Wildman–Crippen MR) is 69.9 cm³/mol. The molecule has 0 aliphatic heterocycles. The van der Waals surface area contributed by atoms with Crippen LogP contribution >= 0.6 is 0 Å². The molecule has 1 unspecified atom stereocenters. The number of benzene rings is 1. The zero-order valence-corrected chi connectivity index (χ0v) is 9.82. The second-order valence-corrected chi connectivity index (χ2v) is 5.68. The van der Waals surface area contributed by atoms with E-state index >= 15 is 0 Å². The summed E-state index contributed by atoms with van der Waals surface area (Å²) >= 11 is 0. The summed E-state index contributed by atoms with van der Waals surface area (Å²) in [5.74, 6) is 0.741. The van der Waals surface area contributed by atoms with Crippen LogP contribution in [0.2, 0.25) is 0 Å². The Kier molecular flexibility index (Phi) is 1.65. The minimum Gasteiger partial charge on any atom is -0.256 e. The molecule has 1 spiro atoms. The molecule has 2 aliphatic carbocycles. The molecule has 2 saturated carbocycles. The Bertz CT molecular complexity index is 618. The number of pyridine rings is 1. The Hall–Kier alpha value is -1.63. The number of fused-ring (bicyclic) bond motifs is 1. The van der Waals surface area contributed by atoms with E-state index in [1.807, 2.05) is 6.07 Å². The first-order valence-corrected chi connectivity index (χ1v) is 6.28. The SMILES string of the molecule is C=C1CC2(C1)CC2c1cnc2ccccc2c1. The molecule has 1 atom stereocenters. The van der Waals surface area contributed by atoms with Crippen LogP contribution in [0.25, 0.3) is 10.9 Å². The first-order chi connectivity index (χ1) is 8.27. The molecule has 0 N–H and O–H groups in total. The van der Waals surface area contributed by atoms with E-state index in [-0.39, 0.29) is 0 Å². The van der Waals surface area contributed by atoms with Crippen LogP contribution in [0.15, 0.2) is 48.7 Å². The lowest BCUT2D eigenvalue weighted by Crippen LogP contribution is -2.17. The van der Waals surface area contributed by atoms with Crippen LogP contribution in [0.4, 0.5) is 0 Å². The molecular weight excluding hydrogens is 206 g/mol. The average Bonchev–Trinajstić information content (AvgIpc) is 3.03. The molecule has 84 valence electrons. The first kappa shape index (κ1) is 9.41. The highest BCUT2D eigenvalue weighted by Crippen LogP contribution is 2.71. The number of allylic oxidation sites excluding steroid dienone is 1. The van der Waals surface area contributed by atoms with E-state index in [9.17, 15) is 0 Å². The van der Waals surface area contributed by atoms with Gasteiger partial charge in [0.15, 0.2) is 0 Å². The maximum absolute atomic E-state index is 4.56. The molecule has 1 nitrogen and oxygen atoms in total. The Morgan fingerprint density at radius 3 is 2.88 bits per heavy atom. The van der Waals surface area contributed by atoms with Crippen LogP contribution in [0.5, 0.6) is 0 Å². The van der Waals surface area contributed by atoms with Gasteiger partial charge in [0.1, 0.15) is 0 Å². The van der Waals surface area contributed by atoms with Gasteiger partial charge in [0, 0.05) is 11.6 Å². The van der Waals surface area contributed by atoms with Gasteiger partial charge in [-0.25, -0.2) is 0 Å². The normalized spacial score (nSPS) is 24.9. The standard InChI is InChI=1S/C16H15N/c1-11-7-16(8-11)9-14(16)13-6-12-4-2-3-5-15(12)17-10-13/h2-6,10,14H,1,7-9H2. The quantitative estimate of drug-likeness (QED) is 0.662. The zero-order chi connectivity index (χ0) is 11.5. The fraction of sp³-hybridized carbons (Fsp3) is 0.312. The Labute approximate surface area is 101 Å². The largest absolute Gasteiger partial charge is 0.256 e. The zero-order valence-electron chi connectivity index (χ0n) is 9.82. The molecular formula is C16H15N. The highest BCUT2D eigenvalue weighted by Gasteiger charge is 2.59. The van der Waals surface area contributed by atoms with Gasteiger partial charge in [-0.3, -0.25) is 4.98 Å². The van der Waals surface area contributed by atoms with Crippen LogP contribution < -0.4 is 0 Å². The van der Waals surface area contributed by atoms with Gasteiger partial charge >= 0.3 is 0 Å². The summed E-state index contributed by atoms with van der Waals surface area (Å²) in [5, 5.41) is 1.27. The summed E-state index contributed by atoms with van der Waals surface area (Å²) < 4.78 is 0. The minimum absolute atomic E-state index is 0.585. The average molecular weight is 221 g/mol. The lowest BCUT2D eigenvalue weighted by Gasteiger charge is -2.30. The van der Waals surface area contributed by atoms with Crippen molar-refractivity contribution in [2.24, 2.45) is 5.41 Å². The number of nitrogens with zero attached hydrogens (tertiary/aromatic N) is 1. The fourth-order valence-electron chi connectivity index (χ4n) is 3.43. The molecule has 0 radical (unpaired) electrons. The highest BCUT2D eigenvalue weighted by atomic mass is 14.7. The number of hydrogen-bond donors (Lipinski definition) is 0. The van der Waals surface area contributed by atoms with Gasteiger partial charge in [0.25, 0.3) is 0 Å². The van der Waals surface area contributed by atoms with Crippen molar-refractivity contribution in [1.29, 1.82) is 0 Å². The summed E-state index contributed by atoms with van der Waals surface area (Å²) in [7, 11) is 0. The lowest BCUT2D eigenvalue weighted by molar-refractivity contribution is 0.380. The molecule has 2 fully saturated rings. The second kappa shape index (κ2) is 2.98. The summed E-state index contributed by atoms with van der Waals surface area (Å²) in [5.41, 5.74) is 4.54. The molecule has 1 heterocycles. The highest BCUT2D eigenvalue weighted by molar-refractivity contribution is 5.79. The minimum atomic E-state index is 0.585. The number of rotatable bonds is 1. The lowest BCUT2D eigenvalue weighted by atomic mass is 9.75. The van der Waals surface area contributed by atoms with Gasteiger partial charge in [-0.2, -0.15) is 0 Å².